The van der Waals surface area contributed by atoms with Crippen molar-refractivity contribution in [1.29, 1.82) is 0 Å². The highest BCUT2D eigenvalue weighted by Crippen LogP contribution is 2.12. The van der Waals surface area contributed by atoms with Gasteiger partial charge in [0, 0.05) is 25.1 Å². The normalized spacial score (nSPS) is 11.6. The number of rotatable bonds is 3. The van der Waals surface area contributed by atoms with Crippen molar-refractivity contribution in [1.82, 2.24) is 15.3 Å². The number of alkyl halides is 3. The predicted molar refractivity (Wildman–Crippen MR) is 39.8 cm³/mol. The van der Waals surface area contributed by atoms with Crippen LogP contribution < -0.4 is 5.32 Å². The lowest BCUT2D eigenvalue weighted by Crippen LogP contribution is -2.28. The van der Waals surface area contributed by atoms with Gasteiger partial charge < -0.3 is 5.32 Å². The highest BCUT2D eigenvalue weighted by atomic mass is 19.4. The van der Waals surface area contributed by atoms with E-state index in [2.05, 4.69) is 15.3 Å². The molecule has 6 heteroatoms. The zero-order valence-electron chi connectivity index (χ0n) is 6.67. The van der Waals surface area contributed by atoms with E-state index in [1.165, 1.54) is 18.6 Å². The zero-order chi connectivity index (χ0) is 9.73. The molecule has 1 heterocycles. The molecule has 0 spiro atoms. The zero-order valence-corrected chi connectivity index (χ0v) is 6.67. The van der Waals surface area contributed by atoms with Gasteiger partial charge in [0.25, 0.3) is 0 Å². The number of nitrogens with zero attached hydrogens (tertiary/aromatic N) is 2. The van der Waals surface area contributed by atoms with Crippen molar-refractivity contribution in [2.45, 2.75) is 12.7 Å². The largest absolute Gasteiger partial charge is 0.401 e. The van der Waals surface area contributed by atoms with Crippen LogP contribution in [0.15, 0.2) is 18.6 Å². The van der Waals surface area contributed by atoms with Gasteiger partial charge in [-0.1, -0.05) is 0 Å². The first-order chi connectivity index (χ1) is 6.08. The Morgan fingerprint density at radius 3 is 2.62 bits per heavy atom. The monoisotopic (exact) mass is 191 g/mol. The molecule has 0 bridgehead atoms. The maximum atomic E-state index is 11.7. The van der Waals surface area contributed by atoms with Crippen LogP contribution >= 0.6 is 0 Å². The molecule has 0 amide bonds. The predicted octanol–water partition coefficient (Wildman–Crippen LogP) is 1.13. The van der Waals surface area contributed by atoms with Gasteiger partial charge in [-0.25, -0.2) is 0 Å². The Balaban J connectivity index is 2.29. The van der Waals surface area contributed by atoms with Crippen LogP contribution in [0, 0.1) is 0 Å². The molecule has 1 aromatic heterocycles. The molecule has 1 rings (SSSR count). The molecule has 0 saturated heterocycles. The number of halogens is 3. The molecule has 0 unspecified atom stereocenters. The van der Waals surface area contributed by atoms with Gasteiger partial charge >= 0.3 is 6.18 Å². The molecule has 3 nitrogen and oxygen atoms in total. The van der Waals surface area contributed by atoms with Gasteiger partial charge in [0.2, 0.25) is 0 Å². The Morgan fingerprint density at radius 2 is 2.08 bits per heavy atom. The molecule has 0 fully saturated rings. The number of aromatic nitrogens is 2. The van der Waals surface area contributed by atoms with Gasteiger partial charge in [-0.3, -0.25) is 9.97 Å². The van der Waals surface area contributed by atoms with Crippen LogP contribution in [-0.2, 0) is 6.54 Å². The third kappa shape index (κ3) is 4.41. The molecule has 0 aliphatic heterocycles. The van der Waals surface area contributed by atoms with Gasteiger partial charge in [0.05, 0.1) is 12.2 Å². The summed E-state index contributed by atoms with van der Waals surface area (Å²) in [7, 11) is 0. The summed E-state index contributed by atoms with van der Waals surface area (Å²) >= 11 is 0. The van der Waals surface area contributed by atoms with Crippen molar-refractivity contribution < 1.29 is 13.2 Å². The number of nitrogens with one attached hydrogen (secondary N) is 1. The van der Waals surface area contributed by atoms with Crippen molar-refractivity contribution in [3.8, 4) is 0 Å². The second-order valence-electron chi connectivity index (χ2n) is 2.42. The Labute approximate surface area is 73.0 Å². The van der Waals surface area contributed by atoms with Gasteiger partial charge in [-0.2, -0.15) is 13.2 Å². The quantitative estimate of drug-likeness (QED) is 0.778. The van der Waals surface area contributed by atoms with E-state index in [-0.39, 0.29) is 6.54 Å². The van der Waals surface area contributed by atoms with E-state index in [1.54, 1.807) is 0 Å². The summed E-state index contributed by atoms with van der Waals surface area (Å²) < 4.78 is 35.0. The van der Waals surface area contributed by atoms with E-state index in [4.69, 9.17) is 0 Å². The molecule has 0 saturated carbocycles. The molecule has 13 heavy (non-hydrogen) atoms. The Hall–Kier alpha value is -1.17. The summed E-state index contributed by atoms with van der Waals surface area (Å²) in [5, 5.41) is 2.21. The second-order valence-corrected chi connectivity index (χ2v) is 2.42. The van der Waals surface area contributed by atoms with Crippen LogP contribution in [0.1, 0.15) is 5.69 Å². The maximum absolute atomic E-state index is 11.7. The van der Waals surface area contributed by atoms with Crippen molar-refractivity contribution >= 4 is 0 Å². The van der Waals surface area contributed by atoms with Crippen LogP contribution in [0.3, 0.4) is 0 Å². The number of hydrogen-bond acceptors (Lipinski definition) is 3. The van der Waals surface area contributed by atoms with Crippen LogP contribution in [-0.4, -0.2) is 22.7 Å². The van der Waals surface area contributed by atoms with E-state index in [0.717, 1.165) is 0 Å². The van der Waals surface area contributed by atoms with Gasteiger partial charge in [-0.05, 0) is 0 Å². The summed E-state index contributed by atoms with van der Waals surface area (Å²) in [6, 6.07) is 0. The maximum Gasteiger partial charge on any atom is 0.401 e. The fourth-order valence-corrected chi connectivity index (χ4v) is 0.754. The summed E-state index contributed by atoms with van der Waals surface area (Å²) in [6.07, 6.45) is 0.142. The van der Waals surface area contributed by atoms with Crippen molar-refractivity contribution in [2.24, 2.45) is 0 Å². The summed E-state index contributed by atoms with van der Waals surface area (Å²) in [4.78, 5) is 7.52. The highest BCUT2D eigenvalue weighted by molar-refractivity contribution is 4.93. The summed E-state index contributed by atoms with van der Waals surface area (Å²) in [5.74, 6) is 0. The highest BCUT2D eigenvalue weighted by Gasteiger charge is 2.26. The van der Waals surface area contributed by atoms with Crippen LogP contribution in [0.2, 0.25) is 0 Å². The standard InChI is InChI=1S/C7H8F3N3/c8-7(9,10)5-12-4-6-3-11-1-2-13-6/h1-3,12H,4-5H2. The lowest BCUT2D eigenvalue weighted by molar-refractivity contribution is -0.125. The van der Waals surface area contributed by atoms with Gasteiger partial charge in [0.1, 0.15) is 0 Å². The van der Waals surface area contributed by atoms with Crippen LogP contribution in [0.4, 0.5) is 13.2 Å². The van der Waals surface area contributed by atoms with Gasteiger partial charge in [0.15, 0.2) is 0 Å². The van der Waals surface area contributed by atoms with E-state index < -0.39 is 12.7 Å². The molecule has 0 radical (unpaired) electrons. The fraction of sp³-hybridized carbons (Fsp3) is 0.429. The average Bonchev–Trinajstić information content (AvgIpc) is 2.04. The number of hydrogen-bond donors (Lipinski definition) is 1. The SMILES string of the molecule is FC(F)(F)CNCc1cnccn1. The lowest BCUT2D eigenvalue weighted by Gasteiger charge is -2.06. The first-order valence-electron chi connectivity index (χ1n) is 3.60. The smallest absolute Gasteiger partial charge is 0.303 e. The van der Waals surface area contributed by atoms with Crippen LogP contribution in [0.25, 0.3) is 0 Å². The minimum atomic E-state index is -4.18. The molecule has 0 aliphatic rings. The first-order valence-corrected chi connectivity index (χ1v) is 3.60. The third-order valence-corrected chi connectivity index (χ3v) is 1.25. The molecule has 1 aromatic rings. The lowest BCUT2D eigenvalue weighted by atomic mass is 10.4. The molecule has 0 atom stereocenters. The van der Waals surface area contributed by atoms with Gasteiger partial charge in [-0.15, -0.1) is 0 Å². The van der Waals surface area contributed by atoms with E-state index in [0.29, 0.717) is 5.69 Å². The molecule has 72 valence electrons. The molecule has 0 aliphatic carbocycles. The fourth-order valence-electron chi connectivity index (χ4n) is 0.754. The third-order valence-electron chi connectivity index (χ3n) is 1.25. The summed E-state index contributed by atoms with van der Waals surface area (Å²) in [6.45, 7) is -0.934. The Bertz CT molecular complexity index is 247. The van der Waals surface area contributed by atoms with Crippen molar-refractivity contribution in [3.63, 3.8) is 0 Å². The first kappa shape index (κ1) is 9.91. The molecular weight excluding hydrogens is 183 g/mol. The topological polar surface area (TPSA) is 37.8 Å². The average molecular weight is 191 g/mol. The minimum absolute atomic E-state index is 0.0767. The van der Waals surface area contributed by atoms with E-state index in [9.17, 15) is 13.2 Å². The Morgan fingerprint density at radius 1 is 1.31 bits per heavy atom. The van der Waals surface area contributed by atoms with Crippen molar-refractivity contribution in [2.75, 3.05) is 6.54 Å². The van der Waals surface area contributed by atoms with E-state index in [1.807, 2.05) is 0 Å². The van der Waals surface area contributed by atoms with E-state index >= 15 is 0 Å². The minimum Gasteiger partial charge on any atom is -0.303 e. The molecule has 0 aromatic carbocycles. The Kier molecular flexibility index (Phi) is 3.18. The molecule has 1 N–H and O–H groups in total. The van der Waals surface area contributed by atoms with Crippen molar-refractivity contribution in [3.05, 3.63) is 24.3 Å². The second kappa shape index (κ2) is 4.18. The molecular formula is C7H8F3N3. The summed E-state index contributed by atoms with van der Waals surface area (Å²) in [5.41, 5.74) is 0.492. The van der Waals surface area contributed by atoms with Crippen LogP contribution in [0.5, 0.6) is 0 Å².